The summed E-state index contributed by atoms with van der Waals surface area (Å²) >= 11 is 0. The Balaban J connectivity index is 0.688. The summed E-state index contributed by atoms with van der Waals surface area (Å²) in [5, 5.41) is 6.16. The third kappa shape index (κ3) is 8.47. The minimum absolute atomic E-state index is 0.237. The number of amidine groups is 2. The van der Waals surface area contributed by atoms with Crippen LogP contribution >= 0.6 is 0 Å². The van der Waals surface area contributed by atoms with Gasteiger partial charge in [0.25, 0.3) is 0 Å². The van der Waals surface area contributed by atoms with E-state index in [0.717, 1.165) is 72.8 Å². The summed E-state index contributed by atoms with van der Waals surface area (Å²) in [6, 6.07) is 89.8. The predicted octanol–water partition coefficient (Wildman–Crippen LogP) is 16.5. The fourth-order valence-corrected chi connectivity index (χ4v) is 11.7. The summed E-state index contributed by atoms with van der Waals surface area (Å²) in [5.41, 5.74) is 17.4. The molecule has 0 bridgehead atoms. The molecule has 15 rings (SSSR count). The lowest BCUT2D eigenvalue weighted by molar-refractivity contribution is 0.674. The Morgan fingerprint density at radius 2 is 0.863 bits per heavy atom. The van der Waals surface area contributed by atoms with Gasteiger partial charge in [0.1, 0.15) is 12.0 Å². The normalized spacial score (nSPS) is 16.2. The Morgan fingerprint density at radius 3 is 1.51 bits per heavy atom. The van der Waals surface area contributed by atoms with E-state index in [1.54, 1.807) is 0 Å². The summed E-state index contributed by atoms with van der Waals surface area (Å²) in [5.74, 6) is 3.66. The molecule has 378 valence electrons. The minimum atomic E-state index is -0.344. The molecule has 1 N–H and O–H groups in total. The van der Waals surface area contributed by atoms with Crippen LogP contribution in [0.4, 0.5) is 11.4 Å². The molecule has 0 amide bonds. The van der Waals surface area contributed by atoms with E-state index >= 15 is 0 Å². The van der Waals surface area contributed by atoms with Crippen molar-refractivity contribution in [2.45, 2.75) is 18.1 Å². The Kier molecular flexibility index (Phi) is 11.5. The van der Waals surface area contributed by atoms with Crippen LogP contribution in [-0.2, 0) is 0 Å². The second-order valence-electron chi connectivity index (χ2n) is 20.5. The van der Waals surface area contributed by atoms with Crippen LogP contribution < -0.4 is 10.2 Å². The highest BCUT2D eigenvalue weighted by atomic mass is 15.2. The number of aromatic nitrogens is 4. The van der Waals surface area contributed by atoms with E-state index in [1.807, 2.05) is 48.5 Å². The fourth-order valence-electron chi connectivity index (χ4n) is 11.7. The molecule has 3 unspecified atom stereocenters. The van der Waals surface area contributed by atoms with Crippen molar-refractivity contribution < 1.29 is 0 Å². The Morgan fingerprint density at radius 1 is 0.375 bits per heavy atom. The van der Waals surface area contributed by atoms with Crippen LogP contribution in [-0.4, -0.2) is 37.2 Å². The summed E-state index contributed by atoms with van der Waals surface area (Å²) in [7, 11) is 0. The first-order valence-electron chi connectivity index (χ1n) is 27.2. The van der Waals surface area contributed by atoms with Crippen molar-refractivity contribution in [1.82, 2.24) is 24.8 Å². The van der Waals surface area contributed by atoms with Gasteiger partial charge in [-0.25, -0.2) is 24.9 Å². The molecule has 8 nitrogen and oxygen atoms in total. The van der Waals surface area contributed by atoms with Crippen molar-refractivity contribution in [2.75, 3.05) is 4.90 Å². The first-order valence-corrected chi connectivity index (χ1v) is 27.2. The van der Waals surface area contributed by atoms with Gasteiger partial charge in [0, 0.05) is 61.6 Å². The van der Waals surface area contributed by atoms with E-state index in [1.165, 1.54) is 33.1 Å². The SMILES string of the molecule is C1=CC2c3ccccc3N(c3ccc(C4=NC(c5ccccc5)=NC(c5ccc(-c6cccc(-c7ccc(-c8nc(-c9ccccc9)nc(-c9ccc(-n%10c%11ccccc%11c%11ccccc%11%10)cc9)n8)cc7)c6)cc5)N4)cc3)C2C=C1. The van der Waals surface area contributed by atoms with Crippen LogP contribution in [0.25, 0.3) is 83.9 Å². The van der Waals surface area contributed by atoms with Crippen LogP contribution in [0, 0.1) is 0 Å². The molecule has 2 aliphatic heterocycles. The van der Waals surface area contributed by atoms with Gasteiger partial charge >= 0.3 is 0 Å². The molecule has 0 saturated carbocycles. The Hall–Kier alpha value is -10.6. The number of benzene rings is 10. The number of allylic oxidation sites excluding steroid dienone is 2. The molecule has 2 aromatic heterocycles. The molecule has 0 spiro atoms. The topological polar surface area (TPSA) is 83.6 Å². The lowest BCUT2D eigenvalue weighted by Gasteiger charge is -2.29. The van der Waals surface area contributed by atoms with E-state index in [4.69, 9.17) is 24.9 Å². The van der Waals surface area contributed by atoms with Gasteiger partial charge in [0.2, 0.25) is 0 Å². The molecule has 80 heavy (non-hydrogen) atoms. The van der Waals surface area contributed by atoms with Gasteiger partial charge in [-0.1, -0.05) is 206 Å². The van der Waals surface area contributed by atoms with Crippen LogP contribution in [0.15, 0.2) is 289 Å². The first kappa shape index (κ1) is 46.7. The summed E-state index contributed by atoms with van der Waals surface area (Å²) < 4.78 is 2.32. The summed E-state index contributed by atoms with van der Waals surface area (Å²) in [6.07, 6.45) is 8.61. The average Bonchev–Trinajstić information content (AvgIpc) is 4.10. The van der Waals surface area contributed by atoms with E-state index in [-0.39, 0.29) is 12.2 Å². The number of rotatable bonds is 10. The maximum absolute atomic E-state index is 5.19. The van der Waals surface area contributed by atoms with E-state index in [2.05, 4.69) is 245 Å². The highest BCUT2D eigenvalue weighted by Gasteiger charge is 2.37. The Labute approximate surface area is 463 Å². The molecule has 3 atom stereocenters. The van der Waals surface area contributed by atoms with Gasteiger partial charge in [-0.3, -0.25) is 0 Å². The molecule has 4 heterocycles. The molecule has 8 heteroatoms. The van der Waals surface area contributed by atoms with Gasteiger partial charge in [-0.2, -0.15) is 0 Å². The number of hydrogen-bond donors (Lipinski definition) is 1. The second kappa shape index (κ2) is 19.8. The summed E-state index contributed by atoms with van der Waals surface area (Å²) in [6.45, 7) is 0. The quantitative estimate of drug-likeness (QED) is 0.148. The lowest BCUT2D eigenvalue weighted by Crippen LogP contribution is -2.33. The van der Waals surface area contributed by atoms with Crippen LogP contribution in [0.3, 0.4) is 0 Å². The van der Waals surface area contributed by atoms with Crippen molar-refractivity contribution in [3.8, 4) is 62.1 Å². The molecule has 1 aliphatic carbocycles. The smallest absolute Gasteiger partial charge is 0.164 e. The molecule has 3 aliphatic rings. The van der Waals surface area contributed by atoms with Gasteiger partial charge in [0.05, 0.1) is 17.1 Å². The third-order valence-electron chi connectivity index (χ3n) is 15.7. The van der Waals surface area contributed by atoms with Crippen molar-refractivity contribution in [3.63, 3.8) is 0 Å². The fraction of sp³-hybridized carbons (Fsp3) is 0.0417. The van der Waals surface area contributed by atoms with Crippen LogP contribution in [0.2, 0.25) is 0 Å². The van der Waals surface area contributed by atoms with E-state index in [9.17, 15) is 0 Å². The molecular weight excluding hydrogens is 977 g/mol. The maximum Gasteiger partial charge on any atom is 0.164 e. The number of para-hydroxylation sites is 3. The number of nitrogens with one attached hydrogen (secondary N) is 1. The number of fused-ring (bicyclic) bond motifs is 6. The summed E-state index contributed by atoms with van der Waals surface area (Å²) in [4.78, 5) is 28.0. The standard InChI is InChI=1S/C72H50N8/c1-3-16-49(17-4-1)67-73-69(77-71(75-67)53-38-42-57(43-39-53)79-63-26-11-7-22-59(63)60-23-8-12-27-64(60)79)51-34-30-47(31-35-51)55-20-15-21-56(46-55)48-32-36-52(37-33-48)70-74-68(50-18-5-2-6-19-50)76-72(78-70)54-40-44-58(45-41-54)80-65-28-13-9-24-61(65)62-25-10-14-29-66(62)80/h1-46,59,63,69H,(H,73,75,77). The number of hydrogen-bond acceptors (Lipinski definition) is 7. The number of nitrogens with zero attached hydrogens (tertiary/aromatic N) is 7. The minimum Gasteiger partial charge on any atom is -0.344 e. The zero-order valence-corrected chi connectivity index (χ0v) is 43.4. The molecule has 10 aromatic carbocycles. The highest BCUT2D eigenvalue weighted by Crippen LogP contribution is 2.47. The highest BCUT2D eigenvalue weighted by molar-refractivity contribution is 6.13. The zero-order chi connectivity index (χ0) is 52.9. The largest absolute Gasteiger partial charge is 0.344 e. The maximum atomic E-state index is 5.19. The van der Waals surface area contributed by atoms with Crippen molar-refractivity contribution in [3.05, 3.63) is 301 Å². The van der Waals surface area contributed by atoms with Gasteiger partial charge in [-0.05, 0) is 106 Å². The van der Waals surface area contributed by atoms with Gasteiger partial charge in [0.15, 0.2) is 23.3 Å². The van der Waals surface area contributed by atoms with E-state index in [0.29, 0.717) is 29.2 Å². The average molecular weight is 1030 g/mol. The van der Waals surface area contributed by atoms with Gasteiger partial charge < -0.3 is 14.8 Å². The van der Waals surface area contributed by atoms with Crippen molar-refractivity contribution >= 4 is 44.9 Å². The molecule has 0 fully saturated rings. The van der Waals surface area contributed by atoms with Crippen LogP contribution in [0.5, 0.6) is 0 Å². The monoisotopic (exact) mass is 1030 g/mol. The third-order valence-corrected chi connectivity index (χ3v) is 15.7. The van der Waals surface area contributed by atoms with Crippen molar-refractivity contribution in [2.24, 2.45) is 9.98 Å². The molecule has 0 radical (unpaired) electrons. The van der Waals surface area contributed by atoms with E-state index < -0.39 is 0 Å². The number of anilines is 2. The van der Waals surface area contributed by atoms with Crippen molar-refractivity contribution in [1.29, 1.82) is 0 Å². The first-order chi connectivity index (χ1) is 39.6. The molecule has 0 saturated heterocycles. The van der Waals surface area contributed by atoms with Gasteiger partial charge in [-0.15, -0.1) is 0 Å². The zero-order valence-electron chi connectivity index (χ0n) is 43.4. The molecular formula is C72H50N8. The van der Waals surface area contributed by atoms with Crippen LogP contribution in [0.1, 0.15) is 34.3 Å². The Bertz CT molecular complexity index is 4370. The predicted molar refractivity (Wildman–Crippen MR) is 327 cm³/mol. The lowest BCUT2D eigenvalue weighted by atomic mass is 9.91. The molecule has 12 aromatic rings. The number of aliphatic imine (C=N–C) groups is 2. The second-order valence-corrected chi connectivity index (χ2v) is 20.5.